The Morgan fingerprint density at radius 1 is 1.14 bits per heavy atom. The topological polar surface area (TPSA) is 36.4 Å². The summed E-state index contributed by atoms with van der Waals surface area (Å²) in [6, 6.07) is 4.18. The summed E-state index contributed by atoms with van der Waals surface area (Å²) in [5.74, 6) is 1.05. The van der Waals surface area contributed by atoms with Crippen molar-refractivity contribution >= 4 is 11.7 Å². The Balaban J connectivity index is 1.85. The molecule has 2 fully saturated rings. The number of hydrogen-bond acceptors (Lipinski definition) is 3. The molecule has 4 heteroatoms. The molecule has 2 saturated heterocycles. The molecule has 2 aliphatic heterocycles. The zero-order valence-electron chi connectivity index (χ0n) is 12.9. The summed E-state index contributed by atoms with van der Waals surface area (Å²) in [5, 5.41) is 0. The zero-order chi connectivity index (χ0) is 14.7. The molecule has 1 atom stereocenters. The van der Waals surface area contributed by atoms with Gasteiger partial charge in [-0.15, -0.1) is 0 Å². The molecule has 3 rings (SSSR count). The largest absolute Gasteiger partial charge is 0.356 e. The van der Waals surface area contributed by atoms with Crippen molar-refractivity contribution in [3.63, 3.8) is 0 Å². The maximum atomic E-state index is 12.9. The maximum absolute atomic E-state index is 12.9. The van der Waals surface area contributed by atoms with Gasteiger partial charge in [-0.3, -0.25) is 4.79 Å². The van der Waals surface area contributed by atoms with Crippen LogP contribution in [0, 0.1) is 0 Å². The van der Waals surface area contributed by atoms with Gasteiger partial charge in [0.15, 0.2) is 0 Å². The summed E-state index contributed by atoms with van der Waals surface area (Å²) in [7, 11) is 0. The zero-order valence-corrected chi connectivity index (χ0v) is 12.9. The average Bonchev–Trinajstić information content (AvgIpc) is 2.55. The number of hydrogen-bond donors (Lipinski definition) is 0. The Morgan fingerprint density at radius 3 is 2.67 bits per heavy atom. The van der Waals surface area contributed by atoms with E-state index < -0.39 is 0 Å². The number of carbonyl (C=O) groups is 1. The van der Waals surface area contributed by atoms with Gasteiger partial charge in [0.05, 0.1) is 5.56 Å². The van der Waals surface area contributed by atoms with E-state index in [1.54, 1.807) is 6.20 Å². The van der Waals surface area contributed by atoms with Crippen LogP contribution in [-0.2, 0) is 0 Å². The Kier molecular flexibility index (Phi) is 4.42. The van der Waals surface area contributed by atoms with Gasteiger partial charge in [0, 0.05) is 31.9 Å². The predicted octanol–water partition coefficient (Wildman–Crippen LogP) is 3.09. The molecule has 0 spiro atoms. The molecule has 0 saturated carbocycles. The van der Waals surface area contributed by atoms with Crippen molar-refractivity contribution in [2.75, 3.05) is 24.5 Å². The SMILES string of the molecule is CC1CCCCN1C(=O)c1cccnc1N1CCCCC1. The number of likely N-dealkylation sites (tertiary alicyclic amines) is 1. The minimum Gasteiger partial charge on any atom is -0.356 e. The van der Waals surface area contributed by atoms with E-state index >= 15 is 0 Å². The number of amides is 1. The Labute approximate surface area is 127 Å². The molecule has 4 nitrogen and oxygen atoms in total. The highest BCUT2D eigenvalue weighted by molar-refractivity contribution is 5.99. The van der Waals surface area contributed by atoms with Crippen molar-refractivity contribution in [2.24, 2.45) is 0 Å². The third-order valence-electron chi connectivity index (χ3n) is 4.74. The molecule has 0 N–H and O–H groups in total. The molecule has 2 aliphatic rings. The molecule has 1 aromatic heterocycles. The standard InChI is InChI=1S/C17H25N3O/c1-14-8-3-6-13-20(14)17(21)15-9-7-10-18-16(15)19-11-4-2-5-12-19/h7,9-10,14H,2-6,8,11-13H2,1H3. The van der Waals surface area contributed by atoms with Gasteiger partial charge in [-0.2, -0.15) is 0 Å². The van der Waals surface area contributed by atoms with Crippen LogP contribution in [0.5, 0.6) is 0 Å². The van der Waals surface area contributed by atoms with E-state index in [9.17, 15) is 4.79 Å². The van der Waals surface area contributed by atoms with Gasteiger partial charge in [-0.05, 0) is 57.6 Å². The van der Waals surface area contributed by atoms with Crippen molar-refractivity contribution in [1.29, 1.82) is 0 Å². The van der Waals surface area contributed by atoms with E-state index in [2.05, 4.69) is 16.8 Å². The average molecular weight is 287 g/mol. The monoisotopic (exact) mass is 287 g/mol. The van der Waals surface area contributed by atoms with Gasteiger partial charge in [0.25, 0.3) is 5.91 Å². The molecule has 0 aromatic carbocycles. The molecule has 114 valence electrons. The predicted molar refractivity (Wildman–Crippen MR) is 84.7 cm³/mol. The number of piperidine rings is 2. The van der Waals surface area contributed by atoms with E-state index in [4.69, 9.17) is 0 Å². The van der Waals surface area contributed by atoms with Crippen molar-refractivity contribution in [3.05, 3.63) is 23.9 Å². The second kappa shape index (κ2) is 6.46. The number of anilines is 1. The van der Waals surface area contributed by atoms with Crippen LogP contribution in [0.15, 0.2) is 18.3 Å². The van der Waals surface area contributed by atoms with Crippen LogP contribution in [0.4, 0.5) is 5.82 Å². The normalized spacial score (nSPS) is 23.2. The van der Waals surface area contributed by atoms with Crippen LogP contribution in [0.25, 0.3) is 0 Å². The Morgan fingerprint density at radius 2 is 1.90 bits per heavy atom. The summed E-state index contributed by atoms with van der Waals surface area (Å²) in [4.78, 5) is 21.8. The second-order valence-corrected chi connectivity index (χ2v) is 6.27. The Hall–Kier alpha value is -1.58. The molecule has 1 amide bonds. The molecular weight excluding hydrogens is 262 g/mol. The highest BCUT2D eigenvalue weighted by Gasteiger charge is 2.27. The van der Waals surface area contributed by atoms with Crippen LogP contribution in [0.3, 0.4) is 0 Å². The summed E-state index contributed by atoms with van der Waals surface area (Å²) in [6.07, 6.45) is 8.96. The minimum atomic E-state index is 0.163. The molecule has 0 radical (unpaired) electrons. The summed E-state index contributed by atoms with van der Waals surface area (Å²) in [5.41, 5.74) is 0.785. The van der Waals surface area contributed by atoms with Gasteiger partial charge < -0.3 is 9.80 Å². The highest BCUT2D eigenvalue weighted by atomic mass is 16.2. The molecule has 3 heterocycles. The number of rotatable bonds is 2. The third kappa shape index (κ3) is 3.04. The molecule has 1 unspecified atom stereocenters. The van der Waals surface area contributed by atoms with Crippen LogP contribution < -0.4 is 4.90 Å². The fourth-order valence-electron chi connectivity index (χ4n) is 3.48. The molecular formula is C17H25N3O. The first kappa shape index (κ1) is 14.4. The fraction of sp³-hybridized carbons (Fsp3) is 0.647. The van der Waals surface area contributed by atoms with E-state index in [-0.39, 0.29) is 5.91 Å². The molecule has 1 aromatic rings. The summed E-state index contributed by atoms with van der Waals surface area (Å²) in [6.45, 7) is 5.09. The van der Waals surface area contributed by atoms with E-state index in [0.717, 1.165) is 43.9 Å². The second-order valence-electron chi connectivity index (χ2n) is 6.27. The fourth-order valence-corrected chi connectivity index (χ4v) is 3.48. The number of nitrogens with zero attached hydrogens (tertiary/aromatic N) is 3. The lowest BCUT2D eigenvalue weighted by Crippen LogP contribution is -2.43. The Bertz CT molecular complexity index is 497. The quantitative estimate of drug-likeness (QED) is 0.838. The van der Waals surface area contributed by atoms with Crippen LogP contribution >= 0.6 is 0 Å². The maximum Gasteiger partial charge on any atom is 0.257 e. The van der Waals surface area contributed by atoms with E-state index in [0.29, 0.717) is 6.04 Å². The third-order valence-corrected chi connectivity index (χ3v) is 4.74. The number of aromatic nitrogens is 1. The summed E-state index contributed by atoms with van der Waals surface area (Å²) < 4.78 is 0. The lowest BCUT2D eigenvalue weighted by atomic mass is 10.0. The highest BCUT2D eigenvalue weighted by Crippen LogP contribution is 2.25. The van der Waals surface area contributed by atoms with Gasteiger partial charge >= 0.3 is 0 Å². The summed E-state index contributed by atoms with van der Waals surface area (Å²) >= 11 is 0. The molecule has 0 aliphatic carbocycles. The first-order valence-electron chi connectivity index (χ1n) is 8.28. The lowest BCUT2D eigenvalue weighted by molar-refractivity contribution is 0.0636. The number of pyridine rings is 1. The van der Waals surface area contributed by atoms with E-state index in [1.165, 1.54) is 25.7 Å². The first-order valence-corrected chi connectivity index (χ1v) is 8.28. The van der Waals surface area contributed by atoms with Crippen LogP contribution in [0.1, 0.15) is 55.8 Å². The van der Waals surface area contributed by atoms with Crippen LogP contribution in [-0.4, -0.2) is 41.5 Å². The smallest absolute Gasteiger partial charge is 0.257 e. The van der Waals surface area contributed by atoms with E-state index in [1.807, 2.05) is 17.0 Å². The van der Waals surface area contributed by atoms with Gasteiger partial charge in [-0.25, -0.2) is 4.98 Å². The van der Waals surface area contributed by atoms with Gasteiger partial charge in [0.2, 0.25) is 0 Å². The van der Waals surface area contributed by atoms with Gasteiger partial charge in [0.1, 0.15) is 5.82 Å². The van der Waals surface area contributed by atoms with Crippen molar-refractivity contribution in [2.45, 2.75) is 51.5 Å². The van der Waals surface area contributed by atoms with Gasteiger partial charge in [-0.1, -0.05) is 0 Å². The van der Waals surface area contributed by atoms with Crippen molar-refractivity contribution in [3.8, 4) is 0 Å². The first-order chi connectivity index (χ1) is 10.3. The van der Waals surface area contributed by atoms with Crippen molar-refractivity contribution in [1.82, 2.24) is 9.88 Å². The molecule has 0 bridgehead atoms. The molecule has 21 heavy (non-hydrogen) atoms. The van der Waals surface area contributed by atoms with Crippen molar-refractivity contribution < 1.29 is 4.79 Å². The number of carbonyl (C=O) groups excluding carboxylic acids is 1. The minimum absolute atomic E-state index is 0.163. The van der Waals surface area contributed by atoms with Crippen LogP contribution in [0.2, 0.25) is 0 Å². The lowest BCUT2D eigenvalue weighted by Gasteiger charge is -2.35.